The third-order valence-corrected chi connectivity index (χ3v) is 4.28. The summed E-state index contributed by atoms with van der Waals surface area (Å²) < 4.78 is 10.5. The number of nitrogens with zero attached hydrogens (tertiary/aromatic N) is 2. The van der Waals surface area contributed by atoms with Crippen LogP contribution in [0, 0.1) is 16.0 Å². The zero-order valence-electron chi connectivity index (χ0n) is 16.5. The highest BCUT2D eigenvalue weighted by molar-refractivity contribution is 5.68. The molecule has 9 heteroatoms. The molecule has 0 spiro atoms. The Labute approximate surface area is 164 Å². The number of carbonyl (C=O) groups excluding carboxylic acids is 2. The first-order valence-corrected chi connectivity index (χ1v) is 9.26. The van der Waals surface area contributed by atoms with E-state index in [-0.39, 0.29) is 18.4 Å². The first kappa shape index (κ1) is 21.5. The van der Waals surface area contributed by atoms with E-state index in [1.807, 2.05) is 20.8 Å². The quantitative estimate of drug-likeness (QED) is 0.585. The van der Waals surface area contributed by atoms with E-state index in [0.717, 1.165) is 12.8 Å². The van der Waals surface area contributed by atoms with Gasteiger partial charge in [0.15, 0.2) is 0 Å². The van der Waals surface area contributed by atoms with E-state index in [9.17, 15) is 19.7 Å². The average Bonchev–Trinajstić information content (AvgIpc) is 3.08. The molecule has 1 aliphatic heterocycles. The van der Waals surface area contributed by atoms with E-state index in [1.54, 1.807) is 17.0 Å². The lowest BCUT2D eigenvalue weighted by molar-refractivity contribution is -0.384. The molecule has 0 aliphatic carbocycles. The highest BCUT2D eigenvalue weighted by atomic mass is 16.6. The molecule has 1 saturated heterocycles. The number of hydrogen-bond acceptors (Lipinski definition) is 6. The third-order valence-electron chi connectivity index (χ3n) is 4.28. The van der Waals surface area contributed by atoms with Gasteiger partial charge in [0.25, 0.3) is 5.69 Å². The van der Waals surface area contributed by atoms with Gasteiger partial charge in [-0.25, -0.2) is 9.59 Å². The number of benzene rings is 1. The number of nitrogens with one attached hydrogen (secondary N) is 1. The number of likely N-dealkylation sites (tertiary alicyclic amines) is 1. The van der Waals surface area contributed by atoms with Gasteiger partial charge in [-0.2, -0.15) is 0 Å². The second-order valence-corrected chi connectivity index (χ2v) is 7.80. The molecule has 0 bridgehead atoms. The fourth-order valence-corrected chi connectivity index (χ4v) is 2.85. The summed E-state index contributed by atoms with van der Waals surface area (Å²) in [4.78, 5) is 35.6. The van der Waals surface area contributed by atoms with Crippen molar-refractivity contribution < 1.29 is 24.0 Å². The largest absolute Gasteiger partial charge is 0.445 e. The van der Waals surface area contributed by atoms with Crippen LogP contribution >= 0.6 is 0 Å². The Kier molecular flexibility index (Phi) is 7.19. The van der Waals surface area contributed by atoms with Crippen molar-refractivity contribution in [3.05, 3.63) is 39.9 Å². The van der Waals surface area contributed by atoms with Gasteiger partial charge in [0, 0.05) is 31.8 Å². The zero-order valence-corrected chi connectivity index (χ0v) is 16.5. The topological polar surface area (TPSA) is 111 Å². The first-order valence-electron chi connectivity index (χ1n) is 9.26. The molecule has 28 heavy (non-hydrogen) atoms. The molecule has 2 amide bonds. The van der Waals surface area contributed by atoms with Crippen LogP contribution in [0.2, 0.25) is 0 Å². The Morgan fingerprint density at radius 2 is 1.96 bits per heavy atom. The van der Waals surface area contributed by atoms with E-state index in [0.29, 0.717) is 31.1 Å². The molecule has 1 aromatic carbocycles. The summed E-state index contributed by atoms with van der Waals surface area (Å²) in [6, 6.07) is 5.84. The van der Waals surface area contributed by atoms with Crippen LogP contribution in [0.25, 0.3) is 0 Å². The number of carbonyl (C=O) groups is 2. The minimum absolute atomic E-state index is 0.00908. The maximum atomic E-state index is 12.0. The molecule has 0 saturated carbocycles. The van der Waals surface area contributed by atoms with Crippen LogP contribution < -0.4 is 5.32 Å². The molecule has 9 nitrogen and oxygen atoms in total. The summed E-state index contributed by atoms with van der Waals surface area (Å²) in [5, 5.41) is 13.3. The number of alkyl carbamates (subject to hydrolysis) is 1. The zero-order chi connectivity index (χ0) is 20.7. The van der Waals surface area contributed by atoms with E-state index < -0.39 is 16.6 Å². The van der Waals surface area contributed by atoms with Crippen molar-refractivity contribution in [3.63, 3.8) is 0 Å². The summed E-state index contributed by atoms with van der Waals surface area (Å²) >= 11 is 0. The van der Waals surface area contributed by atoms with Gasteiger partial charge in [0.05, 0.1) is 4.92 Å². The van der Waals surface area contributed by atoms with Crippen molar-refractivity contribution in [1.82, 2.24) is 10.2 Å². The average molecular weight is 393 g/mol. The van der Waals surface area contributed by atoms with Gasteiger partial charge < -0.3 is 19.7 Å². The highest BCUT2D eigenvalue weighted by Gasteiger charge is 2.29. The Bertz CT molecular complexity index is 699. The van der Waals surface area contributed by atoms with Gasteiger partial charge in [-0.3, -0.25) is 10.1 Å². The molecule has 1 aliphatic rings. The third kappa shape index (κ3) is 7.05. The molecule has 0 aromatic heterocycles. The van der Waals surface area contributed by atoms with Crippen molar-refractivity contribution >= 4 is 17.9 Å². The molecule has 1 heterocycles. The summed E-state index contributed by atoms with van der Waals surface area (Å²) in [6.07, 6.45) is 0.774. The maximum Gasteiger partial charge on any atom is 0.410 e. The minimum Gasteiger partial charge on any atom is -0.445 e. The summed E-state index contributed by atoms with van der Waals surface area (Å²) in [6.45, 7) is 7.28. The van der Waals surface area contributed by atoms with Crippen molar-refractivity contribution in [2.24, 2.45) is 5.92 Å². The molecular weight excluding hydrogens is 366 g/mol. The van der Waals surface area contributed by atoms with Gasteiger partial charge in [0.1, 0.15) is 12.2 Å². The number of rotatable bonds is 6. The van der Waals surface area contributed by atoms with Crippen molar-refractivity contribution in [3.8, 4) is 0 Å². The normalized spacial score (nSPS) is 16.5. The van der Waals surface area contributed by atoms with Crippen molar-refractivity contribution in [2.45, 2.75) is 45.8 Å². The molecule has 1 atom stereocenters. The molecule has 1 N–H and O–H groups in total. The summed E-state index contributed by atoms with van der Waals surface area (Å²) in [7, 11) is 0. The van der Waals surface area contributed by atoms with E-state index in [4.69, 9.17) is 9.47 Å². The van der Waals surface area contributed by atoms with E-state index in [1.165, 1.54) is 12.1 Å². The van der Waals surface area contributed by atoms with Crippen LogP contribution in [0.15, 0.2) is 24.3 Å². The second-order valence-electron chi connectivity index (χ2n) is 7.80. The van der Waals surface area contributed by atoms with Crippen LogP contribution in [0.3, 0.4) is 0 Å². The van der Waals surface area contributed by atoms with Crippen LogP contribution in [0.5, 0.6) is 0 Å². The van der Waals surface area contributed by atoms with Crippen molar-refractivity contribution in [2.75, 3.05) is 19.6 Å². The van der Waals surface area contributed by atoms with Gasteiger partial charge in [0.2, 0.25) is 0 Å². The number of non-ortho nitro benzene ring substituents is 1. The minimum atomic E-state index is -0.541. The van der Waals surface area contributed by atoms with Gasteiger partial charge >= 0.3 is 12.2 Å². The molecule has 154 valence electrons. The lowest BCUT2D eigenvalue weighted by Crippen LogP contribution is -2.35. The monoisotopic (exact) mass is 393 g/mol. The number of hydrogen-bond donors (Lipinski definition) is 1. The van der Waals surface area contributed by atoms with Crippen LogP contribution in [-0.2, 0) is 16.1 Å². The number of nitro benzene ring substituents is 1. The van der Waals surface area contributed by atoms with E-state index in [2.05, 4.69) is 5.32 Å². The van der Waals surface area contributed by atoms with Crippen LogP contribution in [0.4, 0.5) is 15.3 Å². The Morgan fingerprint density at radius 3 is 2.57 bits per heavy atom. The molecule has 0 radical (unpaired) electrons. The fraction of sp³-hybridized carbons (Fsp3) is 0.579. The Balaban J connectivity index is 1.63. The van der Waals surface area contributed by atoms with Crippen LogP contribution in [-0.4, -0.2) is 47.2 Å². The Morgan fingerprint density at radius 1 is 1.29 bits per heavy atom. The molecular formula is C19H27N3O6. The summed E-state index contributed by atoms with van der Waals surface area (Å²) in [5.74, 6) is 0.308. The predicted molar refractivity (Wildman–Crippen MR) is 102 cm³/mol. The van der Waals surface area contributed by atoms with E-state index >= 15 is 0 Å². The number of amides is 2. The molecule has 1 fully saturated rings. The Hall–Kier alpha value is -2.84. The lowest BCUT2D eigenvalue weighted by atomic mass is 10.1. The first-order chi connectivity index (χ1) is 13.1. The van der Waals surface area contributed by atoms with Gasteiger partial charge in [-0.05, 0) is 57.2 Å². The lowest BCUT2D eigenvalue weighted by Gasteiger charge is -2.24. The number of ether oxygens (including phenoxy) is 2. The van der Waals surface area contributed by atoms with Crippen molar-refractivity contribution in [1.29, 1.82) is 0 Å². The summed E-state index contributed by atoms with van der Waals surface area (Å²) in [5.41, 5.74) is 0.152. The van der Waals surface area contributed by atoms with Gasteiger partial charge in [-0.1, -0.05) is 0 Å². The smallest absolute Gasteiger partial charge is 0.410 e. The maximum absolute atomic E-state index is 12.0. The molecule has 1 aromatic rings. The van der Waals surface area contributed by atoms with Crippen LogP contribution in [0.1, 0.15) is 39.2 Å². The number of nitro groups is 1. The van der Waals surface area contributed by atoms with Gasteiger partial charge in [-0.15, -0.1) is 0 Å². The SMILES string of the molecule is CC(C)(C)OC(=O)N1CC[C@H](CCNC(=O)OCc2ccc([N+](=O)[O-])cc2)C1. The molecule has 2 rings (SSSR count). The predicted octanol–water partition coefficient (Wildman–Crippen LogP) is 3.47. The fourth-order valence-electron chi connectivity index (χ4n) is 2.85. The standard InChI is InChI=1S/C19H27N3O6/c1-19(2,3)28-18(24)21-11-9-14(12-21)8-10-20-17(23)27-13-15-4-6-16(7-5-15)22(25)26/h4-7,14H,8-13H2,1-3H3,(H,20,23)/t14-/m0/s1. The second kappa shape index (κ2) is 9.38. The molecule has 0 unspecified atom stereocenters. The highest BCUT2D eigenvalue weighted by Crippen LogP contribution is 2.21.